The van der Waals surface area contributed by atoms with Gasteiger partial charge in [-0.1, -0.05) is 24.3 Å². The molecule has 0 radical (unpaired) electrons. The van der Waals surface area contributed by atoms with Gasteiger partial charge in [0.15, 0.2) is 0 Å². The molecule has 4 saturated carbocycles. The Morgan fingerprint density at radius 1 is 0.784 bits per heavy atom. The molecule has 4 nitrogen and oxygen atoms in total. The highest BCUT2D eigenvalue weighted by Gasteiger charge is 2.51. The lowest BCUT2D eigenvalue weighted by atomic mass is 9.48. The van der Waals surface area contributed by atoms with Gasteiger partial charge in [-0.3, -0.25) is 0 Å². The molecule has 0 aromatic heterocycles. The first kappa shape index (κ1) is 24.1. The highest BCUT2D eigenvalue weighted by atomic mass is 16.4. The SMILES string of the molecule is CC(C)N(c1ccc(N(C)c2ccc(C34CC5CC(CC(C5)C3)C4)cc2)cc1)c1ccccc1C(=O)O. The van der Waals surface area contributed by atoms with Crippen LogP contribution in [0.5, 0.6) is 0 Å². The van der Waals surface area contributed by atoms with Crippen molar-refractivity contribution in [3.63, 3.8) is 0 Å². The summed E-state index contributed by atoms with van der Waals surface area (Å²) in [5.74, 6) is 1.97. The molecule has 3 aromatic rings. The van der Waals surface area contributed by atoms with E-state index in [1.807, 2.05) is 12.1 Å². The van der Waals surface area contributed by atoms with Crippen molar-refractivity contribution >= 4 is 28.7 Å². The van der Waals surface area contributed by atoms with Crippen LogP contribution in [-0.4, -0.2) is 24.2 Å². The van der Waals surface area contributed by atoms with E-state index in [2.05, 4.69) is 79.2 Å². The van der Waals surface area contributed by atoms with Gasteiger partial charge in [-0.2, -0.15) is 0 Å². The smallest absolute Gasteiger partial charge is 0.337 e. The second kappa shape index (κ2) is 9.24. The zero-order valence-corrected chi connectivity index (χ0v) is 22.2. The van der Waals surface area contributed by atoms with E-state index in [0.29, 0.717) is 16.7 Å². The van der Waals surface area contributed by atoms with Crippen molar-refractivity contribution in [2.45, 2.75) is 63.8 Å². The number of carboxylic acids is 1. The van der Waals surface area contributed by atoms with Crippen LogP contribution in [-0.2, 0) is 5.41 Å². The van der Waals surface area contributed by atoms with Gasteiger partial charge in [0.05, 0.1) is 11.3 Å². The van der Waals surface area contributed by atoms with E-state index in [0.717, 1.165) is 29.1 Å². The molecule has 4 bridgehead atoms. The Balaban J connectivity index is 1.22. The molecule has 4 fully saturated rings. The Hall–Kier alpha value is -3.27. The molecule has 192 valence electrons. The Bertz CT molecular complexity index is 1240. The lowest BCUT2D eigenvalue weighted by Crippen LogP contribution is -2.48. The third-order valence-corrected chi connectivity index (χ3v) is 9.33. The maximum atomic E-state index is 11.8. The number of anilines is 4. The quantitative estimate of drug-likeness (QED) is 0.360. The summed E-state index contributed by atoms with van der Waals surface area (Å²) in [7, 11) is 2.12. The Labute approximate surface area is 220 Å². The van der Waals surface area contributed by atoms with Gasteiger partial charge in [-0.05, 0) is 130 Å². The molecular weight excluding hydrogens is 456 g/mol. The fraction of sp³-hybridized carbons (Fsp3) is 0.424. The second-order valence-corrected chi connectivity index (χ2v) is 12.1. The van der Waals surface area contributed by atoms with Gasteiger partial charge < -0.3 is 14.9 Å². The lowest BCUT2D eigenvalue weighted by molar-refractivity contribution is -0.00518. The normalized spacial score (nSPS) is 25.9. The van der Waals surface area contributed by atoms with Crippen LogP contribution >= 0.6 is 0 Å². The summed E-state index contributed by atoms with van der Waals surface area (Å²) in [4.78, 5) is 16.2. The number of carboxylic acid groups (broad SMARTS) is 1. The molecule has 4 aliphatic carbocycles. The average Bonchev–Trinajstić information content (AvgIpc) is 2.88. The molecular formula is C33H38N2O2. The molecule has 4 heteroatoms. The van der Waals surface area contributed by atoms with Crippen molar-refractivity contribution in [3.8, 4) is 0 Å². The standard InChI is InChI=1S/C33H38N2O2/c1-22(2)35(31-7-5-4-6-30(31)32(36)37)29-14-12-28(13-15-29)34(3)27-10-8-26(9-11-27)33-19-23-16-24(20-33)18-25(17-23)21-33/h4-15,22-25H,16-21H2,1-3H3,(H,36,37). The average molecular weight is 495 g/mol. The summed E-state index contributed by atoms with van der Waals surface area (Å²) in [5, 5.41) is 9.72. The number of benzene rings is 3. The fourth-order valence-electron chi connectivity index (χ4n) is 8.07. The maximum absolute atomic E-state index is 11.8. The first-order chi connectivity index (χ1) is 17.8. The van der Waals surface area contributed by atoms with Crippen molar-refractivity contribution < 1.29 is 9.90 Å². The van der Waals surface area contributed by atoms with E-state index in [4.69, 9.17) is 0 Å². The summed E-state index contributed by atoms with van der Waals surface area (Å²) in [6.07, 6.45) is 8.62. The van der Waals surface area contributed by atoms with Crippen molar-refractivity contribution in [2.75, 3.05) is 16.8 Å². The number of hydrogen-bond donors (Lipinski definition) is 1. The minimum atomic E-state index is -0.908. The summed E-state index contributed by atoms with van der Waals surface area (Å²) < 4.78 is 0. The number of carbonyl (C=O) groups is 1. The molecule has 0 spiro atoms. The van der Waals surface area contributed by atoms with Crippen molar-refractivity contribution in [3.05, 3.63) is 83.9 Å². The molecule has 4 aliphatic rings. The zero-order valence-electron chi connectivity index (χ0n) is 22.2. The minimum absolute atomic E-state index is 0.112. The lowest BCUT2D eigenvalue weighted by Gasteiger charge is -2.57. The molecule has 0 unspecified atom stereocenters. The molecule has 7 rings (SSSR count). The van der Waals surface area contributed by atoms with Gasteiger partial charge in [-0.25, -0.2) is 4.79 Å². The van der Waals surface area contributed by atoms with Gasteiger partial charge in [0.25, 0.3) is 0 Å². The largest absolute Gasteiger partial charge is 0.478 e. The highest BCUT2D eigenvalue weighted by Crippen LogP contribution is 2.60. The van der Waals surface area contributed by atoms with Crippen molar-refractivity contribution in [1.29, 1.82) is 0 Å². The Morgan fingerprint density at radius 3 is 1.78 bits per heavy atom. The number of aromatic carboxylic acids is 1. The molecule has 0 heterocycles. The third-order valence-electron chi connectivity index (χ3n) is 9.33. The van der Waals surface area contributed by atoms with Crippen LogP contribution in [0.15, 0.2) is 72.8 Å². The number of nitrogens with zero attached hydrogens (tertiary/aromatic N) is 2. The number of hydrogen-bond acceptors (Lipinski definition) is 3. The predicted octanol–water partition coefficient (Wildman–Crippen LogP) is 8.17. The topological polar surface area (TPSA) is 43.8 Å². The summed E-state index contributed by atoms with van der Waals surface area (Å²) in [6.45, 7) is 4.17. The molecule has 3 aromatic carbocycles. The molecule has 0 saturated heterocycles. The fourth-order valence-corrected chi connectivity index (χ4v) is 8.07. The van der Waals surface area contributed by atoms with Crippen molar-refractivity contribution in [1.82, 2.24) is 0 Å². The van der Waals surface area contributed by atoms with Gasteiger partial charge in [0.2, 0.25) is 0 Å². The maximum Gasteiger partial charge on any atom is 0.337 e. The van der Waals surface area contributed by atoms with Gasteiger partial charge in [0.1, 0.15) is 0 Å². The van der Waals surface area contributed by atoms with Crippen LogP contribution in [0.3, 0.4) is 0 Å². The minimum Gasteiger partial charge on any atom is -0.478 e. The summed E-state index contributed by atoms with van der Waals surface area (Å²) >= 11 is 0. The van der Waals surface area contributed by atoms with E-state index in [9.17, 15) is 9.90 Å². The Morgan fingerprint density at radius 2 is 1.27 bits per heavy atom. The second-order valence-electron chi connectivity index (χ2n) is 12.1. The van der Waals surface area contributed by atoms with E-state index in [-0.39, 0.29) is 6.04 Å². The number of rotatable bonds is 7. The summed E-state index contributed by atoms with van der Waals surface area (Å²) in [6, 6.07) is 25.2. The van der Waals surface area contributed by atoms with E-state index < -0.39 is 5.97 Å². The van der Waals surface area contributed by atoms with Crippen LogP contribution in [0.4, 0.5) is 22.7 Å². The van der Waals surface area contributed by atoms with Gasteiger partial charge in [0, 0.05) is 30.2 Å². The monoisotopic (exact) mass is 494 g/mol. The molecule has 37 heavy (non-hydrogen) atoms. The van der Waals surface area contributed by atoms with E-state index >= 15 is 0 Å². The summed E-state index contributed by atoms with van der Waals surface area (Å²) in [5.41, 5.74) is 6.31. The number of para-hydroxylation sites is 1. The Kier molecular flexibility index (Phi) is 6.01. The molecule has 0 amide bonds. The van der Waals surface area contributed by atoms with Crippen LogP contribution < -0.4 is 9.80 Å². The van der Waals surface area contributed by atoms with Crippen LogP contribution in [0.1, 0.15) is 68.3 Å². The molecule has 1 N–H and O–H groups in total. The zero-order chi connectivity index (χ0) is 25.7. The first-order valence-electron chi connectivity index (χ1n) is 13.9. The van der Waals surface area contributed by atoms with E-state index in [1.54, 1.807) is 17.7 Å². The van der Waals surface area contributed by atoms with Crippen LogP contribution in [0.2, 0.25) is 0 Å². The van der Waals surface area contributed by atoms with Crippen LogP contribution in [0, 0.1) is 17.8 Å². The van der Waals surface area contributed by atoms with Gasteiger partial charge >= 0.3 is 5.97 Å². The highest BCUT2D eigenvalue weighted by molar-refractivity contribution is 5.95. The molecule has 0 aliphatic heterocycles. The first-order valence-corrected chi connectivity index (χ1v) is 13.9. The van der Waals surface area contributed by atoms with Gasteiger partial charge in [-0.15, -0.1) is 0 Å². The van der Waals surface area contributed by atoms with Crippen molar-refractivity contribution in [2.24, 2.45) is 17.8 Å². The van der Waals surface area contributed by atoms with E-state index in [1.165, 1.54) is 44.2 Å². The third kappa shape index (κ3) is 4.31. The van der Waals surface area contributed by atoms with Crippen LogP contribution in [0.25, 0.3) is 0 Å². The predicted molar refractivity (Wildman–Crippen MR) is 151 cm³/mol. The molecule has 0 atom stereocenters.